The van der Waals surface area contributed by atoms with Gasteiger partial charge in [-0.05, 0) is 26.7 Å². The molecule has 0 fully saturated rings. The minimum Gasteiger partial charge on any atom is -0.384 e. The van der Waals surface area contributed by atoms with Crippen LogP contribution in [-0.4, -0.2) is 38.3 Å². The van der Waals surface area contributed by atoms with E-state index in [2.05, 4.69) is 17.6 Å². The van der Waals surface area contributed by atoms with Crippen molar-refractivity contribution in [3.05, 3.63) is 0 Å². The van der Waals surface area contributed by atoms with Gasteiger partial charge in [-0.25, -0.2) is 0 Å². The Hall–Kier alpha value is -0.610. The van der Waals surface area contributed by atoms with Crippen LogP contribution in [0.25, 0.3) is 0 Å². The lowest BCUT2D eigenvalue weighted by molar-refractivity contribution is -0.123. The van der Waals surface area contributed by atoms with Gasteiger partial charge in [-0.3, -0.25) is 4.79 Å². The number of carbonyl (C=O) groups is 1. The van der Waals surface area contributed by atoms with E-state index in [0.717, 1.165) is 6.54 Å². The van der Waals surface area contributed by atoms with Crippen LogP contribution in [0.15, 0.2) is 0 Å². The van der Waals surface area contributed by atoms with E-state index in [1.807, 2.05) is 20.8 Å². The summed E-state index contributed by atoms with van der Waals surface area (Å²) in [5, 5.41) is 6.05. The highest BCUT2D eigenvalue weighted by molar-refractivity contribution is 5.81. The van der Waals surface area contributed by atoms with E-state index < -0.39 is 0 Å². The monoisotopic (exact) mass is 216 g/mol. The van der Waals surface area contributed by atoms with Crippen LogP contribution in [0.4, 0.5) is 0 Å². The van der Waals surface area contributed by atoms with Crippen molar-refractivity contribution in [2.24, 2.45) is 5.92 Å². The topological polar surface area (TPSA) is 50.4 Å². The predicted octanol–water partition coefficient (Wildman–Crippen LogP) is 0.772. The van der Waals surface area contributed by atoms with Crippen LogP contribution in [0.1, 0.15) is 27.7 Å². The summed E-state index contributed by atoms with van der Waals surface area (Å²) in [6.07, 6.45) is 0. The van der Waals surface area contributed by atoms with Gasteiger partial charge < -0.3 is 15.4 Å². The third-order valence-electron chi connectivity index (χ3n) is 2.05. The van der Waals surface area contributed by atoms with Crippen LogP contribution >= 0.6 is 0 Å². The van der Waals surface area contributed by atoms with E-state index in [4.69, 9.17) is 4.74 Å². The molecule has 15 heavy (non-hydrogen) atoms. The Morgan fingerprint density at radius 3 is 2.33 bits per heavy atom. The first kappa shape index (κ1) is 14.4. The summed E-state index contributed by atoms with van der Waals surface area (Å²) in [7, 11) is 1.69. The van der Waals surface area contributed by atoms with Crippen molar-refractivity contribution in [3.8, 4) is 0 Å². The maximum atomic E-state index is 11.5. The van der Waals surface area contributed by atoms with E-state index in [-0.39, 0.29) is 18.0 Å². The number of hydrogen-bond acceptors (Lipinski definition) is 3. The highest BCUT2D eigenvalue weighted by Gasteiger charge is 2.13. The molecule has 0 aromatic carbocycles. The maximum Gasteiger partial charge on any atom is 0.237 e. The van der Waals surface area contributed by atoms with Crippen molar-refractivity contribution >= 4 is 5.91 Å². The van der Waals surface area contributed by atoms with Crippen molar-refractivity contribution in [2.75, 3.05) is 20.3 Å². The Kier molecular flexibility index (Phi) is 7.34. The van der Waals surface area contributed by atoms with Crippen molar-refractivity contribution in [1.29, 1.82) is 0 Å². The lowest BCUT2D eigenvalue weighted by Crippen LogP contribution is -2.46. The predicted molar refractivity (Wildman–Crippen MR) is 61.8 cm³/mol. The minimum absolute atomic E-state index is 0.0506. The van der Waals surface area contributed by atoms with Gasteiger partial charge >= 0.3 is 0 Å². The Bertz CT molecular complexity index is 183. The molecule has 0 heterocycles. The molecule has 90 valence electrons. The van der Waals surface area contributed by atoms with Gasteiger partial charge in [0.15, 0.2) is 0 Å². The van der Waals surface area contributed by atoms with E-state index in [9.17, 15) is 4.79 Å². The number of amides is 1. The molecule has 0 spiro atoms. The van der Waals surface area contributed by atoms with Gasteiger partial charge in [-0.2, -0.15) is 0 Å². The summed E-state index contributed by atoms with van der Waals surface area (Å²) in [5.74, 6) is 0.471. The number of rotatable bonds is 7. The molecule has 0 radical (unpaired) electrons. The van der Waals surface area contributed by atoms with Crippen molar-refractivity contribution < 1.29 is 9.53 Å². The number of ether oxygens (including phenoxy) is 1. The molecule has 0 aromatic rings. The van der Waals surface area contributed by atoms with E-state index in [1.54, 1.807) is 7.11 Å². The van der Waals surface area contributed by atoms with Gasteiger partial charge in [-0.15, -0.1) is 0 Å². The molecule has 0 aliphatic rings. The number of carbonyl (C=O) groups excluding carboxylic acids is 1. The molecule has 0 aromatic heterocycles. The van der Waals surface area contributed by atoms with Crippen LogP contribution in [0.2, 0.25) is 0 Å². The average Bonchev–Trinajstić information content (AvgIpc) is 2.13. The van der Waals surface area contributed by atoms with Gasteiger partial charge in [0.05, 0.1) is 6.04 Å². The van der Waals surface area contributed by atoms with Crippen LogP contribution in [-0.2, 0) is 9.53 Å². The molecular formula is C11H24N2O2. The third-order valence-corrected chi connectivity index (χ3v) is 2.05. The Morgan fingerprint density at radius 1 is 1.27 bits per heavy atom. The molecule has 2 atom stereocenters. The molecular weight excluding hydrogens is 192 g/mol. The molecule has 1 amide bonds. The van der Waals surface area contributed by atoms with Crippen molar-refractivity contribution in [1.82, 2.24) is 10.6 Å². The number of methoxy groups -OCH3 is 1. The lowest BCUT2D eigenvalue weighted by atomic mass is 10.2. The summed E-state index contributed by atoms with van der Waals surface area (Å²) < 4.78 is 5.02. The fourth-order valence-electron chi connectivity index (χ4n) is 1.22. The molecule has 0 aliphatic heterocycles. The van der Waals surface area contributed by atoms with Gasteiger partial charge in [-0.1, -0.05) is 6.92 Å². The normalized spacial score (nSPS) is 15.1. The quantitative estimate of drug-likeness (QED) is 0.661. The highest BCUT2D eigenvalue weighted by atomic mass is 16.5. The van der Waals surface area contributed by atoms with E-state index in [0.29, 0.717) is 12.5 Å². The Labute approximate surface area is 92.8 Å². The highest BCUT2D eigenvalue weighted by Crippen LogP contribution is 1.94. The minimum atomic E-state index is -0.147. The van der Waals surface area contributed by atoms with Crippen LogP contribution < -0.4 is 10.6 Å². The van der Waals surface area contributed by atoms with E-state index in [1.165, 1.54) is 0 Å². The largest absolute Gasteiger partial charge is 0.384 e. The maximum absolute atomic E-state index is 11.5. The standard InChI is InChI=1S/C11H24N2O2/c1-8(2)13-11(14)10(4)12-6-9(3)7-15-5/h8-10,12H,6-7H2,1-5H3,(H,13,14). The number of hydrogen-bond donors (Lipinski definition) is 2. The fraction of sp³-hybridized carbons (Fsp3) is 0.909. The Balaban J connectivity index is 3.72. The molecule has 2 unspecified atom stereocenters. The summed E-state index contributed by atoms with van der Waals surface area (Å²) in [4.78, 5) is 11.5. The van der Waals surface area contributed by atoms with Crippen LogP contribution in [0.3, 0.4) is 0 Å². The molecule has 4 nitrogen and oxygen atoms in total. The smallest absolute Gasteiger partial charge is 0.237 e. The second-order valence-corrected chi connectivity index (χ2v) is 4.35. The lowest BCUT2D eigenvalue weighted by Gasteiger charge is -2.18. The summed E-state index contributed by atoms with van der Waals surface area (Å²) in [6, 6.07) is 0.0462. The molecule has 0 aliphatic carbocycles. The molecule has 0 saturated heterocycles. The second-order valence-electron chi connectivity index (χ2n) is 4.35. The van der Waals surface area contributed by atoms with Crippen LogP contribution in [0, 0.1) is 5.92 Å². The first-order chi connectivity index (χ1) is 6.97. The fourth-order valence-corrected chi connectivity index (χ4v) is 1.22. The average molecular weight is 216 g/mol. The van der Waals surface area contributed by atoms with Gasteiger partial charge in [0.2, 0.25) is 5.91 Å². The zero-order chi connectivity index (χ0) is 11.8. The molecule has 4 heteroatoms. The van der Waals surface area contributed by atoms with E-state index >= 15 is 0 Å². The molecule has 0 saturated carbocycles. The summed E-state index contributed by atoms with van der Waals surface area (Å²) in [6.45, 7) is 9.38. The van der Waals surface area contributed by atoms with Gasteiger partial charge in [0, 0.05) is 26.3 Å². The molecule has 2 N–H and O–H groups in total. The summed E-state index contributed by atoms with van der Waals surface area (Å²) >= 11 is 0. The van der Waals surface area contributed by atoms with Crippen molar-refractivity contribution in [3.63, 3.8) is 0 Å². The van der Waals surface area contributed by atoms with Crippen molar-refractivity contribution in [2.45, 2.75) is 39.8 Å². The Morgan fingerprint density at radius 2 is 1.87 bits per heavy atom. The zero-order valence-corrected chi connectivity index (χ0v) is 10.5. The molecule has 0 bridgehead atoms. The SMILES string of the molecule is COCC(C)CNC(C)C(=O)NC(C)C. The number of nitrogens with one attached hydrogen (secondary N) is 2. The summed E-state index contributed by atoms with van der Waals surface area (Å²) in [5.41, 5.74) is 0. The second kappa shape index (κ2) is 7.65. The molecule has 0 rings (SSSR count). The zero-order valence-electron chi connectivity index (χ0n) is 10.5. The first-order valence-corrected chi connectivity index (χ1v) is 5.50. The van der Waals surface area contributed by atoms with Gasteiger partial charge in [0.1, 0.15) is 0 Å². The van der Waals surface area contributed by atoms with Crippen LogP contribution in [0.5, 0.6) is 0 Å². The third kappa shape index (κ3) is 7.33. The van der Waals surface area contributed by atoms with Gasteiger partial charge in [0.25, 0.3) is 0 Å². The first-order valence-electron chi connectivity index (χ1n) is 5.50.